The molecule has 1 aliphatic rings. The van der Waals surface area contributed by atoms with E-state index in [-0.39, 0.29) is 11.8 Å². The molecule has 1 aliphatic heterocycles. The van der Waals surface area contributed by atoms with Crippen LogP contribution in [0.1, 0.15) is 69.1 Å². The summed E-state index contributed by atoms with van der Waals surface area (Å²) in [6.07, 6.45) is 1.05. The molecule has 2 aromatic carbocycles. The summed E-state index contributed by atoms with van der Waals surface area (Å²) in [4.78, 5) is 13.3. The number of carbonyl (C=O) groups excluding carboxylic acids is 1. The second-order valence-electron chi connectivity index (χ2n) is 9.14. The summed E-state index contributed by atoms with van der Waals surface area (Å²) in [5.41, 5.74) is 4.28. The quantitative estimate of drug-likeness (QED) is 0.662. The van der Waals surface area contributed by atoms with Crippen molar-refractivity contribution in [1.82, 2.24) is 4.31 Å². The molecule has 0 saturated carbocycles. The van der Waals surface area contributed by atoms with Gasteiger partial charge in [0.25, 0.3) is 0 Å². The molecule has 1 fully saturated rings. The van der Waals surface area contributed by atoms with E-state index in [1.165, 1.54) is 9.87 Å². The Kier molecular flexibility index (Phi) is 7.22. The molecule has 0 aliphatic carbocycles. The number of sulfonamides is 1. The zero-order valence-corrected chi connectivity index (χ0v) is 20.0. The molecule has 1 saturated heterocycles. The molecule has 5 nitrogen and oxygen atoms in total. The summed E-state index contributed by atoms with van der Waals surface area (Å²) < 4.78 is 27.3. The van der Waals surface area contributed by atoms with Crippen molar-refractivity contribution in [2.75, 3.05) is 18.4 Å². The topological polar surface area (TPSA) is 66.5 Å². The molecule has 6 heteroatoms. The van der Waals surface area contributed by atoms with Gasteiger partial charge in [-0.3, -0.25) is 4.79 Å². The van der Waals surface area contributed by atoms with Crippen molar-refractivity contribution in [1.29, 1.82) is 0 Å². The lowest BCUT2D eigenvalue weighted by atomic mass is 9.93. The van der Waals surface area contributed by atoms with Crippen LogP contribution >= 0.6 is 0 Å². The highest BCUT2D eigenvalue weighted by Gasteiger charge is 2.32. The van der Waals surface area contributed by atoms with Gasteiger partial charge in [-0.15, -0.1) is 0 Å². The van der Waals surface area contributed by atoms with E-state index in [2.05, 4.69) is 45.1 Å². The average molecular weight is 443 g/mol. The molecule has 1 amide bonds. The van der Waals surface area contributed by atoms with Crippen LogP contribution in [-0.2, 0) is 14.8 Å². The molecule has 31 heavy (non-hydrogen) atoms. The van der Waals surface area contributed by atoms with E-state index in [0.29, 0.717) is 42.7 Å². The molecule has 168 valence electrons. The van der Waals surface area contributed by atoms with Crippen LogP contribution in [0, 0.1) is 12.8 Å². The van der Waals surface area contributed by atoms with E-state index in [1.54, 1.807) is 12.1 Å². The number of rotatable bonds is 6. The van der Waals surface area contributed by atoms with Gasteiger partial charge in [0.1, 0.15) is 0 Å². The zero-order valence-electron chi connectivity index (χ0n) is 19.2. The smallest absolute Gasteiger partial charge is 0.243 e. The molecule has 0 unspecified atom stereocenters. The summed E-state index contributed by atoms with van der Waals surface area (Å²) >= 11 is 0. The molecule has 2 aromatic rings. The highest BCUT2D eigenvalue weighted by Crippen LogP contribution is 2.30. The van der Waals surface area contributed by atoms with Crippen LogP contribution in [0.2, 0.25) is 0 Å². The molecule has 1 N–H and O–H groups in total. The predicted octanol–water partition coefficient (Wildman–Crippen LogP) is 5.28. The first-order valence-corrected chi connectivity index (χ1v) is 12.5. The maximum Gasteiger partial charge on any atom is 0.243 e. The van der Waals surface area contributed by atoms with Crippen molar-refractivity contribution in [3.05, 3.63) is 59.2 Å². The van der Waals surface area contributed by atoms with Crippen molar-refractivity contribution < 1.29 is 13.2 Å². The number of hydrogen-bond acceptors (Lipinski definition) is 3. The fraction of sp³-hybridized carbons (Fsp3) is 0.480. The summed E-state index contributed by atoms with van der Waals surface area (Å²) in [5.74, 6) is 0.526. The third kappa shape index (κ3) is 5.36. The maximum absolute atomic E-state index is 12.9. The van der Waals surface area contributed by atoms with Crippen LogP contribution in [0.4, 0.5) is 5.69 Å². The molecular formula is C25H34N2O3S. The highest BCUT2D eigenvalue weighted by molar-refractivity contribution is 7.89. The predicted molar refractivity (Wildman–Crippen MR) is 126 cm³/mol. The fourth-order valence-electron chi connectivity index (χ4n) is 3.98. The minimum atomic E-state index is -3.52. The van der Waals surface area contributed by atoms with Gasteiger partial charge in [-0.1, -0.05) is 57.5 Å². The van der Waals surface area contributed by atoms with E-state index in [4.69, 9.17) is 0 Å². The molecule has 0 atom stereocenters. The van der Waals surface area contributed by atoms with Gasteiger partial charge < -0.3 is 5.32 Å². The summed E-state index contributed by atoms with van der Waals surface area (Å²) in [5, 5.41) is 3.11. The number of nitrogens with one attached hydrogen (secondary N) is 1. The number of nitrogens with zero attached hydrogens (tertiary/aromatic N) is 1. The monoisotopic (exact) mass is 442 g/mol. The number of piperidine rings is 1. The van der Waals surface area contributed by atoms with Gasteiger partial charge in [-0.05, 0) is 60.9 Å². The lowest BCUT2D eigenvalue weighted by Gasteiger charge is -2.31. The first kappa shape index (κ1) is 23.5. The first-order valence-electron chi connectivity index (χ1n) is 11.1. The second-order valence-corrected chi connectivity index (χ2v) is 11.1. The minimum absolute atomic E-state index is 0.0217. The largest absolute Gasteiger partial charge is 0.326 e. The Labute approximate surface area is 186 Å². The third-order valence-electron chi connectivity index (χ3n) is 6.11. The fourth-order valence-corrected chi connectivity index (χ4v) is 5.45. The van der Waals surface area contributed by atoms with Gasteiger partial charge in [0.05, 0.1) is 4.90 Å². The van der Waals surface area contributed by atoms with Gasteiger partial charge in [-0.25, -0.2) is 8.42 Å². The molecule has 0 aromatic heterocycles. The molecule has 1 heterocycles. The number of anilines is 1. The van der Waals surface area contributed by atoms with Gasteiger partial charge in [0.15, 0.2) is 0 Å². The Balaban J connectivity index is 1.66. The second kappa shape index (κ2) is 9.53. The van der Waals surface area contributed by atoms with Crippen LogP contribution in [0.3, 0.4) is 0 Å². The molecule has 0 radical (unpaired) electrons. The number of benzene rings is 2. The third-order valence-corrected chi connectivity index (χ3v) is 8.02. The van der Waals surface area contributed by atoms with Crippen LogP contribution in [-0.4, -0.2) is 31.7 Å². The lowest BCUT2D eigenvalue weighted by molar-refractivity contribution is -0.120. The lowest BCUT2D eigenvalue weighted by Crippen LogP contribution is -2.41. The normalized spacial score (nSPS) is 16.1. The number of hydrogen-bond donors (Lipinski definition) is 1. The Morgan fingerprint density at radius 3 is 2.13 bits per heavy atom. The van der Waals surface area contributed by atoms with Crippen molar-refractivity contribution in [2.45, 2.75) is 64.2 Å². The SMILES string of the molecule is Cc1ccc(S(=O)(=O)N2CCC(C(=O)Nc3ccc(C(C)C)cc3C(C)C)CC2)cc1. The van der Waals surface area contributed by atoms with Crippen LogP contribution < -0.4 is 5.32 Å². The van der Waals surface area contributed by atoms with Gasteiger partial charge >= 0.3 is 0 Å². The van der Waals surface area contributed by atoms with E-state index >= 15 is 0 Å². The Hall–Kier alpha value is -2.18. The average Bonchev–Trinajstić information content (AvgIpc) is 2.74. The highest BCUT2D eigenvalue weighted by atomic mass is 32.2. The summed E-state index contributed by atoms with van der Waals surface area (Å²) in [6.45, 7) is 11.2. The Morgan fingerprint density at radius 2 is 1.58 bits per heavy atom. The number of carbonyl (C=O) groups is 1. The standard InChI is InChI=1S/C25H34N2O3S/c1-17(2)21-8-11-24(23(16-21)18(3)4)26-25(28)20-12-14-27(15-13-20)31(29,30)22-9-6-19(5)7-10-22/h6-11,16-18,20H,12-15H2,1-5H3,(H,26,28). The number of aryl methyl sites for hydroxylation is 1. The van der Waals surface area contributed by atoms with Crippen molar-refractivity contribution in [3.63, 3.8) is 0 Å². The van der Waals surface area contributed by atoms with Crippen molar-refractivity contribution in [3.8, 4) is 0 Å². The molecule has 3 rings (SSSR count). The number of amides is 1. The molecular weight excluding hydrogens is 408 g/mol. The van der Waals surface area contributed by atoms with E-state index in [9.17, 15) is 13.2 Å². The van der Waals surface area contributed by atoms with Crippen LogP contribution in [0.25, 0.3) is 0 Å². The summed E-state index contributed by atoms with van der Waals surface area (Å²) in [7, 11) is -3.52. The zero-order chi connectivity index (χ0) is 22.8. The maximum atomic E-state index is 12.9. The van der Waals surface area contributed by atoms with E-state index < -0.39 is 10.0 Å². The van der Waals surface area contributed by atoms with Crippen molar-refractivity contribution >= 4 is 21.6 Å². The minimum Gasteiger partial charge on any atom is -0.326 e. The first-order chi connectivity index (χ1) is 14.6. The van der Waals surface area contributed by atoms with E-state index in [1.807, 2.05) is 25.1 Å². The van der Waals surface area contributed by atoms with Gasteiger partial charge in [0.2, 0.25) is 15.9 Å². The summed E-state index contributed by atoms with van der Waals surface area (Å²) in [6, 6.07) is 13.2. The Bertz CT molecular complexity index is 1020. The molecule has 0 bridgehead atoms. The van der Waals surface area contributed by atoms with Gasteiger partial charge in [-0.2, -0.15) is 4.31 Å². The van der Waals surface area contributed by atoms with Gasteiger partial charge in [0, 0.05) is 24.7 Å². The van der Waals surface area contributed by atoms with Crippen LogP contribution in [0.5, 0.6) is 0 Å². The van der Waals surface area contributed by atoms with E-state index in [0.717, 1.165) is 16.8 Å². The van der Waals surface area contributed by atoms with Crippen molar-refractivity contribution in [2.24, 2.45) is 5.92 Å². The van der Waals surface area contributed by atoms with Crippen LogP contribution in [0.15, 0.2) is 47.4 Å². The molecule has 0 spiro atoms. The Morgan fingerprint density at radius 1 is 0.968 bits per heavy atom.